The van der Waals surface area contributed by atoms with Crippen molar-refractivity contribution in [1.29, 1.82) is 0 Å². The summed E-state index contributed by atoms with van der Waals surface area (Å²) < 4.78 is 27.6. The summed E-state index contributed by atoms with van der Waals surface area (Å²) in [5.74, 6) is -1.58. The Morgan fingerprint density at radius 3 is 2.65 bits per heavy atom. The number of aliphatic hydroxyl groups is 2. The van der Waals surface area contributed by atoms with Gasteiger partial charge in [-0.05, 0) is 92.7 Å². The van der Waals surface area contributed by atoms with Crippen LogP contribution in [0.25, 0.3) is 0 Å². The van der Waals surface area contributed by atoms with Gasteiger partial charge in [0.05, 0.1) is 12.2 Å². The molecule has 34 heavy (non-hydrogen) atoms. The third-order valence-corrected chi connectivity index (χ3v) is 10.1. The van der Waals surface area contributed by atoms with Crippen LogP contribution in [0.5, 0.6) is 0 Å². The molecule has 1 aliphatic heterocycles. The highest BCUT2D eigenvalue weighted by molar-refractivity contribution is 5.39. The van der Waals surface area contributed by atoms with E-state index in [1.165, 1.54) is 31.3 Å². The topological polar surface area (TPSA) is 43.7 Å². The first-order valence-corrected chi connectivity index (χ1v) is 13.5. The van der Waals surface area contributed by atoms with Crippen LogP contribution in [0.1, 0.15) is 72.6 Å². The zero-order valence-electron chi connectivity index (χ0n) is 21.6. The highest BCUT2D eigenvalue weighted by Gasteiger charge is 2.51. The van der Waals surface area contributed by atoms with Crippen molar-refractivity contribution in [3.8, 4) is 0 Å². The summed E-state index contributed by atoms with van der Waals surface area (Å²) in [7, 11) is 0. The molecule has 3 nitrogen and oxygen atoms in total. The number of allylic oxidation sites excluding steroid dienone is 3. The van der Waals surface area contributed by atoms with Crippen molar-refractivity contribution in [3.05, 3.63) is 35.5 Å². The van der Waals surface area contributed by atoms with Gasteiger partial charge in [0.25, 0.3) is 0 Å². The second kappa shape index (κ2) is 9.78. The van der Waals surface area contributed by atoms with E-state index in [1.54, 1.807) is 0 Å². The van der Waals surface area contributed by atoms with Gasteiger partial charge in [-0.2, -0.15) is 0 Å². The van der Waals surface area contributed by atoms with E-state index >= 15 is 0 Å². The van der Waals surface area contributed by atoms with Crippen LogP contribution in [-0.2, 0) is 0 Å². The van der Waals surface area contributed by atoms with Gasteiger partial charge < -0.3 is 15.1 Å². The van der Waals surface area contributed by atoms with E-state index in [4.69, 9.17) is 0 Å². The molecular weight excluding hydrogens is 432 g/mol. The molecule has 4 aliphatic rings. The van der Waals surface area contributed by atoms with Crippen LogP contribution >= 0.6 is 0 Å². The molecule has 2 N–H and O–H groups in total. The van der Waals surface area contributed by atoms with Crippen LogP contribution in [-0.4, -0.2) is 52.9 Å². The van der Waals surface area contributed by atoms with Gasteiger partial charge in [-0.15, -0.1) is 0 Å². The van der Waals surface area contributed by atoms with Crippen LogP contribution in [0.3, 0.4) is 0 Å². The molecule has 0 aromatic carbocycles. The van der Waals surface area contributed by atoms with E-state index < -0.39 is 24.0 Å². The van der Waals surface area contributed by atoms with Crippen molar-refractivity contribution in [2.45, 2.75) is 90.8 Å². The average Bonchev–Trinajstić information content (AvgIpc) is 3.38. The van der Waals surface area contributed by atoms with Crippen molar-refractivity contribution in [2.24, 2.45) is 35.0 Å². The van der Waals surface area contributed by atoms with Crippen molar-refractivity contribution in [2.75, 3.05) is 19.6 Å². The van der Waals surface area contributed by atoms with E-state index in [0.29, 0.717) is 37.1 Å². The lowest BCUT2D eigenvalue weighted by Gasteiger charge is -2.45. The third-order valence-electron chi connectivity index (χ3n) is 10.1. The second-order valence-corrected chi connectivity index (χ2v) is 12.3. The Labute approximate surface area is 205 Å². The van der Waals surface area contributed by atoms with Gasteiger partial charge in [0, 0.05) is 24.9 Å². The summed E-state index contributed by atoms with van der Waals surface area (Å²) in [5, 5.41) is 20.8. The van der Waals surface area contributed by atoms with Gasteiger partial charge >= 0.3 is 0 Å². The van der Waals surface area contributed by atoms with Crippen LogP contribution in [0.15, 0.2) is 35.5 Å². The molecule has 0 aromatic rings. The van der Waals surface area contributed by atoms with Crippen LogP contribution < -0.4 is 0 Å². The molecular formula is C29H45F2NO2. The molecule has 0 radical (unpaired) electrons. The Bertz CT molecular complexity index is 830. The van der Waals surface area contributed by atoms with Crippen LogP contribution in [0.2, 0.25) is 0 Å². The molecule has 3 saturated carbocycles. The molecule has 1 heterocycles. The van der Waals surface area contributed by atoms with E-state index in [2.05, 4.69) is 37.5 Å². The summed E-state index contributed by atoms with van der Waals surface area (Å²) >= 11 is 0. The molecule has 5 heteroatoms. The van der Waals surface area contributed by atoms with Crippen molar-refractivity contribution < 1.29 is 19.0 Å². The number of nitrogens with zero attached hydrogens (tertiary/aromatic N) is 1. The number of fused-ring (bicyclic) bond motifs is 1. The van der Waals surface area contributed by atoms with Crippen LogP contribution in [0, 0.1) is 35.0 Å². The molecule has 8 atom stereocenters. The number of hydrogen-bond donors (Lipinski definition) is 2. The maximum atomic E-state index is 13.8. The summed E-state index contributed by atoms with van der Waals surface area (Å²) in [5.41, 5.74) is 3.47. The lowest BCUT2D eigenvalue weighted by Crippen LogP contribution is -2.40. The summed E-state index contributed by atoms with van der Waals surface area (Å²) in [6.45, 7) is 14.1. The van der Waals surface area contributed by atoms with Crippen LogP contribution in [0.4, 0.5) is 8.78 Å². The predicted octanol–water partition coefficient (Wildman–Crippen LogP) is 5.99. The molecule has 4 fully saturated rings. The molecule has 192 valence electrons. The normalized spacial score (nSPS) is 43.0. The number of rotatable bonds is 5. The third kappa shape index (κ3) is 4.95. The Balaban J connectivity index is 1.44. The Morgan fingerprint density at radius 2 is 1.97 bits per heavy atom. The smallest absolute Gasteiger partial charge is 0.249 e. The molecule has 0 aromatic heterocycles. The Morgan fingerprint density at radius 1 is 1.24 bits per heavy atom. The lowest BCUT2D eigenvalue weighted by atomic mass is 9.61. The van der Waals surface area contributed by atoms with Gasteiger partial charge in [0.2, 0.25) is 5.92 Å². The maximum absolute atomic E-state index is 13.8. The zero-order valence-corrected chi connectivity index (χ0v) is 21.6. The lowest BCUT2D eigenvalue weighted by molar-refractivity contribution is -0.0360. The predicted molar refractivity (Wildman–Crippen MR) is 134 cm³/mol. The first-order valence-electron chi connectivity index (χ1n) is 13.5. The molecule has 3 aliphatic carbocycles. The standard InChI is InChI=1S/C29H45F2NO2/c1-18(16-32-14-12-23(17-32)29(5,30)31)24-10-11-25-21(7-6-13-28(24,25)4)8-9-22-15-26(33)20(3)27(34)19(22)2/h8-9,18,20,23-27,33-34H,2,6-7,10-17H2,1,3-5H3/b21-8+,22-9-/t18-,20?,23-,24-,25+,26?,27?,28-/m1/s1. The largest absolute Gasteiger partial charge is 0.392 e. The monoisotopic (exact) mass is 477 g/mol. The quantitative estimate of drug-likeness (QED) is 0.511. The minimum atomic E-state index is -2.58. The molecule has 0 bridgehead atoms. The Hall–Kier alpha value is -1.04. The molecule has 1 saturated heterocycles. The average molecular weight is 478 g/mol. The van der Waals surface area contributed by atoms with E-state index in [-0.39, 0.29) is 11.3 Å². The number of alkyl halides is 2. The molecule has 4 rings (SSSR count). The minimum absolute atomic E-state index is 0.179. The number of aliphatic hydroxyl groups excluding tert-OH is 2. The van der Waals surface area contributed by atoms with Gasteiger partial charge in [-0.1, -0.05) is 45.1 Å². The van der Waals surface area contributed by atoms with Crippen molar-refractivity contribution in [3.63, 3.8) is 0 Å². The second-order valence-electron chi connectivity index (χ2n) is 12.3. The van der Waals surface area contributed by atoms with E-state index in [9.17, 15) is 19.0 Å². The first kappa shape index (κ1) is 26.0. The van der Waals surface area contributed by atoms with E-state index in [0.717, 1.165) is 37.6 Å². The van der Waals surface area contributed by atoms with Gasteiger partial charge in [0.1, 0.15) is 0 Å². The summed E-state index contributed by atoms with van der Waals surface area (Å²) in [6.07, 6.45) is 10.2. The van der Waals surface area contributed by atoms with Gasteiger partial charge in [-0.3, -0.25) is 0 Å². The molecule has 0 amide bonds. The molecule has 3 unspecified atom stereocenters. The number of likely N-dealkylation sites (tertiary alicyclic amines) is 1. The fourth-order valence-corrected chi connectivity index (χ4v) is 7.80. The fourth-order valence-electron chi connectivity index (χ4n) is 7.80. The van der Waals surface area contributed by atoms with Gasteiger partial charge in [-0.25, -0.2) is 8.78 Å². The number of hydrogen-bond acceptors (Lipinski definition) is 3. The SMILES string of the molecule is C=C1/C(=C\C=C2/CCC[C@]3(C)[C@@H]([C@H](C)CN4CC[C@@H](C(C)(F)F)C4)CC[C@@H]23)CC(O)C(C)C1O. The maximum Gasteiger partial charge on any atom is 0.249 e. The highest BCUT2D eigenvalue weighted by Crippen LogP contribution is 2.59. The summed E-state index contributed by atoms with van der Waals surface area (Å²) in [6, 6.07) is 0. The highest BCUT2D eigenvalue weighted by atomic mass is 19.3. The van der Waals surface area contributed by atoms with Crippen molar-refractivity contribution in [1.82, 2.24) is 4.90 Å². The zero-order chi connectivity index (χ0) is 24.8. The van der Waals surface area contributed by atoms with Gasteiger partial charge in [0.15, 0.2) is 0 Å². The van der Waals surface area contributed by atoms with E-state index in [1.807, 2.05) is 6.92 Å². The molecule has 0 spiro atoms. The number of halogens is 2. The Kier molecular flexibility index (Phi) is 7.49. The minimum Gasteiger partial charge on any atom is -0.392 e. The van der Waals surface area contributed by atoms with Crippen molar-refractivity contribution >= 4 is 0 Å². The first-order chi connectivity index (χ1) is 15.9. The summed E-state index contributed by atoms with van der Waals surface area (Å²) in [4.78, 5) is 2.28. The fraction of sp³-hybridized carbons (Fsp3) is 0.793.